The summed E-state index contributed by atoms with van der Waals surface area (Å²) in [6, 6.07) is 9.93. The lowest BCUT2D eigenvalue weighted by Gasteiger charge is -2.10. The maximum atomic E-state index is 5.13. The van der Waals surface area contributed by atoms with Crippen molar-refractivity contribution in [3.8, 4) is 5.88 Å². The number of hydrogen-bond acceptors (Lipinski definition) is 4. The maximum absolute atomic E-state index is 5.13. The standard InChI is InChI=1S/C16H22N4OS/c1-3-17-16(18-10-9-14-7-5-11-22-14)19-12-13-6-4-8-15(20-13)21-2/h4-8,11H,3,9-10,12H2,1-2H3,(H2,17,18,19). The summed E-state index contributed by atoms with van der Waals surface area (Å²) in [4.78, 5) is 10.3. The Morgan fingerprint density at radius 3 is 2.91 bits per heavy atom. The number of nitrogens with zero attached hydrogens (tertiary/aromatic N) is 2. The Labute approximate surface area is 135 Å². The molecular weight excluding hydrogens is 296 g/mol. The second-order valence-corrected chi connectivity index (χ2v) is 5.65. The molecule has 0 amide bonds. The van der Waals surface area contributed by atoms with Crippen LogP contribution in [0.1, 0.15) is 17.5 Å². The number of guanidine groups is 1. The molecule has 2 aromatic heterocycles. The van der Waals surface area contributed by atoms with Crippen molar-refractivity contribution in [3.63, 3.8) is 0 Å². The Bertz CT molecular complexity index is 584. The molecule has 2 N–H and O–H groups in total. The summed E-state index contributed by atoms with van der Waals surface area (Å²) in [5.74, 6) is 1.42. The van der Waals surface area contributed by atoms with Crippen molar-refractivity contribution in [2.75, 3.05) is 20.2 Å². The van der Waals surface area contributed by atoms with E-state index in [4.69, 9.17) is 4.74 Å². The molecule has 0 aromatic carbocycles. The molecule has 2 heterocycles. The lowest BCUT2D eigenvalue weighted by atomic mass is 10.3. The van der Waals surface area contributed by atoms with Crippen LogP contribution < -0.4 is 15.4 Å². The van der Waals surface area contributed by atoms with E-state index in [1.165, 1.54) is 4.88 Å². The van der Waals surface area contributed by atoms with Gasteiger partial charge in [-0.3, -0.25) is 0 Å². The number of rotatable bonds is 7. The van der Waals surface area contributed by atoms with Crippen molar-refractivity contribution >= 4 is 17.3 Å². The summed E-state index contributed by atoms with van der Waals surface area (Å²) >= 11 is 1.78. The van der Waals surface area contributed by atoms with Crippen LogP contribution in [0, 0.1) is 0 Å². The highest BCUT2D eigenvalue weighted by atomic mass is 32.1. The fraction of sp³-hybridized carbons (Fsp3) is 0.375. The molecule has 0 aliphatic carbocycles. The summed E-state index contributed by atoms with van der Waals surface area (Å²) in [5, 5.41) is 8.69. The minimum Gasteiger partial charge on any atom is -0.481 e. The number of methoxy groups -OCH3 is 1. The van der Waals surface area contributed by atoms with E-state index in [0.717, 1.165) is 31.2 Å². The fourth-order valence-corrected chi connectivity index (χ4v) is 2.63. The molecular formula is C16H22N4OS. The van der Waals surface area contributed by atoms with Crippen LogP contribution >= 0.6 is 11.3 Å². The second-order valence-electron chi connectivity index (χ2n) is 4.62. The number of nitrogens with one attached hydrogen (secondary N) is 2. The number of ether oxygens (including phenoxy) is 1. The van der Waals surface area contributed by atoms with Gasteiger partial charge in [0.15, 0.2) is 5.96 Å². The molecule has 0 aliphatic heterocycles. The highest BCUT2D eigenvalue weighted by Gasteiger charge is 2.00. The van der Waals surface area contributed by atoms with E-state index >= 15 is 0 Å². The van der Waals surface area contributed by atoms with Gasteiger partial charge in [-0.05, 0) is 30.9 Å². The second kappa shape index (κ2) is 9.04. The van der Waals surface area contributed by atoms with E-state index in [-0.39, 0.29) is 0 Å². The zero-order valence-electron chi connectivity index (χ0n) is 13.0. The number of pyridine rings is 1. The van der Waals surface area contributed by atoms with Crippen LogP contribution in [0.25, 0.3) is 0 Å². The maximum Gasteiger partial charge on any atom is 0.213 e. The Morgan fingerprint density at radius 2 is 2.18 bits per heavy atom. The first kappa shape index (κ1) is 16.3. The zero-order chi connectivity index (χ0) is 15.6. The number of aliphatic imine (C=N–C) groups is 1. The van der Waals surface area contributed by atoms with Gasteiger partial charge in [-0.1, -0.05) is 12.1 Å². The summed E-state index contributed by atoms with van der Waals surface area (Å²) in [7, 11) is 1.62. The number of aromatic nitrogens is 1. The summed E-state index contributed by atoms with van der Waals surface area (Å²) < 4.78 is 5.13. The van der Waals surface area contributed by atoms with Crippen molar-refractivity contribution < 1.29 is 4.74 Å². The smallest absolute Gasteiger partial charge is 0.213 e. The van der Waals surface area contributed by atoms with Gasteiger partial charge < -0.3 is 15.4 Å². The normalized spacial score (nSPS) is 11.3. The zero-order valence-corrected chi connectivity index (χ0v) is 13.8. The predicted molar refractivity (Wildman–Crippen MR) is 91.6 cm³/mol. The molecule has 0 spiro atoms. The predicted octanol–water partition coefficient (Wildman–Crippen LogP) is 2.45. The molecule has 0 saturated carbocycles. The molecule has 118 valence electrons. The summed E-state index contributed by atoms with van der Waals surface area (Å²) in [5.41, 5.74) is 0.884. The van der Waals surface area contributed by atoms with Crippen molar-refractivity contribution in [1.29, 1.82) is 0 Å². The Kier molecular flexibility index (Phi) is 6.70. The first-order valence-electron chi connectivity index (χ1n) is 7.36. The van der Waals surface area contributed by atoms with Gasteiger partial charge in [-0.15, -0.1) is 11.3 Å². The number of hydrogen-bond donors (Lipinski definition) is 2. The Hall–Kier alpha value is -2.08. The lowest BCUT2D eigenvalue weighted by molar-refractivity contribution is 0.396. The third kappa shape index (κ3) is 5.37. The summed E-state index contributed by atoms with van der Waals surface area (Å²) in [6.07, 6.45) is 0.999. The molecule has 0 fully saturated rings. The largest absolute Gasteiger partial charge is 0.481 e. The molecule has 0 radical (unpaired) electrons. The molecule has 0 aliphatic rings. The fourth-order valence-electron chi connectivity index (χ4n) is 1.92. The molecule has 0 saturated heterocycles. The topological polar surface area (TPSA) is 58.5 Å². The molecule has 22 heavy (non-hydrogen) atoms. The molecule has 6 heteroatoms. The summed E-state index contributed by atoms with van der Waals surface area (Å²) in [6.45, 7) is 4.26. The van der Waals surface area contributed by atoms with E-state index in [0.29, 0.717) is 12.4 Å². The van der Waals surface area contributed by atoms with Gasteiger partial charge in [0, 0.05) is 24.0 Å². The first-order valence-corrected chi connectivity index (χ1v) is 8.24. The van der Waals surface area contributed by atoms with Crippen LogP contribution in [0.4, 0.5) is 0 Å². The van der Waals surface area contributed by atoms with E-state index < -0.39 is 0 Å². The average molecular weight is 318 g/mol. The molecule has 0 unspecified atom stereocenters. The minimum absolute atomic E-state index is 0.519. The monoisotopic (exact) mass is 318 g/mol. The van der Waals surface area contributed by atoms with Crippen LogP contribution in [-0.2, 0) is 13.0 Å². The van der Waals surface area contributed by atoms with E-state index in [2.05, 4.69) is 45.0 Å². The van der Waals surface area contributed by atoms with Gasteiger partial charge in [-0.25, -0.2) is 9.98 Å². The molecule has 0 atom stereocenters. The third-order valence-corrected chi connectivity index (χ3v) is 3.91. The quantitative estimate of drug-likeness (QED) is 0.608. The van der Waals surface area contributed by atoms with E-state index in [1.54, 1.807) is 18.4 Å². The van der Waals surface area contributed by atoms with E-state index in [9.17, 15) is 0 Å². The van der Waals surface area contributed by atoms with Gasteiger partial charge in [-0.2, -0.15) is 0 Å². The van der Waals surface area contributed by atoms with Crippen LogP contribution in [0.2, 0.25) is 0 Å². The SMILES string of the molecule is CCNC(=NCc1cccc(OC)n1)NCCc1cccs1. The minimum atomic E-state index is 0.519. The van der Waals surface area contributed by atoms with Gasteiger partial charge >= 0.3 is 0 Å². The average Bonchev–Trinajstić information content (AvgIpc) is 3.06. The molecule has 5 nitrogen and oxygen atoms in total. The van der Waals surface area contributed by atoms with Crippen molar-refractivity contribution in [2.45, 2.75) is 19.9 Å². The van der Waals surface area contributed by atoms with Gasteiger partial charge in [0.05, 0.1) is 19.3 Å². The van der Waals surface area contributed by atoms with Crippen molar-refractivity contribution in [3.05, 3.63) is 46.3 Å². The van der Waals surface area contributed by atoms with Gasteiger partial charge in [0.25, 0.3) is 0 Å². The highest BCUT2D eigenvalue weighted by molar-refractivity contribution is 7.09. The van der Waals surface area contributed by atoms with Crippen LogP contribution in [0.15, 0.2) is 40.7 Å². The lowest BCUT2D eigenvalue weighted by Crippen LogP contribution is -2.38. The van der Waals surface area contributed by atoms with Crippen molar-refractivity contribution in [1.82, 2.24) is 15.6 Å². The van der Waals surface area contributed by atoms with Crippen molar-refractivity contribution in [2.24, 2.45) is 4.99 Å². The van der Waals surface area contributed by atoms with E-state index in [1.807, 2.05) is 18.2 Å². The molecule has 2 rings (SSSR count). The Balaban J connectivity index is 1.88. The van der Waals surface area contributed by atoms with Gasteiger partial charge in [0.2, 0.25) is 5.88 Å². The Morgan fingerprint density at radius 1 is 1.27 bits per heavy atom. The third-order valence-electron chi connectivity index (χ3n) is 2.98. The highest BCUT2D eigenvalue weighted by Crippen LogP contribution is 2.08. The van der Waals surface area contributed by atoms with Gasteiger partial charge in [0.1, 0.15) is 0 Å². The first-order chi connectivity index (χ1) is 10.8. The molecule has 2 aromatic rings. The van der Waals surface area contributed by atoms with Crippen LogP contribution in [0.5, 0.6) is 5.88 Å². The number of thiophene rings is 1. The van der Waals surface area contributed by atoms with Crippen LogP contribution in [0.3, 0.4) is 0 Å². The van der Waals surface area contributed by atoms with Crippen LogP contribution in [-0.4, -0.2) is 31.1 Å². The molecule has 0 bridgehead atoms.